The fourth-order valence-corrected chi connectivity index (χ4v) is 3.42. The maximum Gasteiger partial charge on any atom is 0.260 e. The lowest BCUT2D eigenvalue weighted by atomic mass is 10.1. The predicted molar refractivity (Wildman–Crippen MR) is 110 cm³/mol. The summed E-state index contributed by atoms with van der Waals surface area (Å²) in [7, 11) is 0. The van der Waals surface area contributed by atoms with Crippen molar-refractivity contribution in [1.82, 2.24) is 15.0 Å². The molecule has 2 heterocycles. The Balaban J connectivity index is 1.19. The molecule has 3 aromatic rings. The van der Waals surface area contributed by atoms with Crippen molar-refractivity contribution in [2.45, 2.75) is 25.4 Å². The number of halogens is 1. The second-order valence-corrected chi connectivity index (χ2v) is 7.40. The monoisotopic (exact) mass is 425 g/mol. The molecule has 1 saturated heterocycles. The maximum absolute atomic E-state index is 12.9. The van der Waals surface area contributed by atoms with Gasteiger partial charge in [-0.25, -0.2) is 4.39 Å². The molecule has 4 rings (SSSR count). The minimum absolute atomic E-state index is 0.0151. The molecule has 8 heteroatoms. The van der Waals surface area contributed by atoms with E-state index in [0.29, 0.717) is 50.2 Å². The van der Waals surface area contributed by atoms with Gasteiger partial charge in [0.2, 0.25) is 5.89 Å². The standard InChI is InChI=1S/C23H24FN3O4/c24-19-6-8-20(9-7-19)30-16-22(28)27-12-10-18(14-27)23-25-21(26-31-23)11-13-29-15-17-4-2-1-3-5-17/h1-9,18H,10-16H2. The van der Waals surface area contributed by atoms with Crippen molar-refractivity contribution in [3.63, 3.8) is 0 Å². The largest absolute Gasteiger partial charge is 0.484 e. The van der Waals surface area contributed by atoms with Gasteiger partial charge in [-0.15, -0.1) is 0 Å². The molecule has 1 atom stereocenters. The van der Waals surface area contributed by atoms with Crippen molar-refractivity contribution in [2.75, 3.05) is 26.3 Å². The van der Waals surface area contributed by atoms with Crippen LogP contribution in [0.3, 0.4) is 0 Å². The zero-order chi connectivity index (χ0) is 21.5. The lowest BCUT2D eigenvalue weighted by Crippen LogP contribution is -2.32. The molecule has 0 radical (unpaired) electrons. The number of likely N-dealkylation sites (tertiary alicyclic amines) is 1. The number of amides is 1. The molecule has 1 aromatic heterocycles. The topological polar surface area (TPSA) is 77.7 Å². The van der Waals surface area contributed by atoms with Crippen LogP contribution in [0.5, 0.6) is 5.75 Å². The van der Waals surface area contributed by atoms with E-state index >= 15 is 0 Å². The third kappa shape index (κ3) is 5.88. The van der Waals surface area contributed by atoms with Crippen molar-refractivity contribution >= 4 is 5.91 Å². The SMILES string of the molecule is O=C(COc1ccc(F)cc1)N1CCC(c2nc(CCOCc3ccccc3)no2)C1. The van der Waals surface area contributed by atoms with Crippen molar-refractivity contribution in [3.05, 3.63) is 77.7 Å². The summed E-state index contributed by atoms with van der Waals surface area (Å²) in [6.45, 7) is 2.08. The highest BCUT2D eigenvalue weighted by Gasteiger charge is 2.31. The van der Waals surface area contributed by atoms with Crippen LogP contribution in [0.25, 0.3) is 0 Å². The number of rotatable bonds is 9. The van der Waals surface area contributed by atoms with E-state index in [1.807, 2.05) is 30.3 Å². The Labute approximate surface area is 179 Å². The van der Waals surface area contributed by atoms with Gasteiger partial charge in [-0.1, -0.05) is 35.5 Å². The van der Waals surface area contributed by atoms with Gasteiger partial charge >= 0.3 is 0 Å². The number of hydrogen-bond donors (Lipinski definition) is 0. The van der Waals surface area contributed by atoms with Crippen LogP contribution >= 0.6 is 0 Å². The summed E-state index contributed by atoms with van der Waals surface area (Å²) >= 11 is 0. The fourth-order valence-electron chi connectivity index (χ4n) is 3.42. The van der Waals surface area contributed by atoms with E-state index in [2.05, 4.69) is 10.1 Å². The number of carbonyl (C=O) groups is 1. The molecule has 162 valence electrons. The first kappa shape index (κ1) is 21.0. The molecular weight excluding hydrogens is 401 g/mol. The number of ether oxygens (including phenoxy) is 2. The van der Waals surface area contributed by atoms with E-state index in [-0.39, 0.29) is 24.2 Å². The van der Waals surface area contributed by atoms with Crippen LogP contribution < -0.4 is 4.74 Å². The molecule has 2 aromatic carbocycles. The number of nitrogens with zero attached hydrogens (tertiary/aromatic N) is 3. The van der Waals surface area contributed by atoms with Gasteiger partial charge in [-0.05, 0) is 36.2 Å². The second-order valence-electron chi connectivity index (χ2n) is 7.40. The number of carbonyl (C=O) groups excluding carboxylic acids is 1. The molecule has 0 saturated carbocycles. The van der Waals surface area contributed by atoms with Crippen LogP contribution in [0.4, 0.5) is 4.39 Å². The number of aromatic nitrogens is 2. The Morgan fingerprint density at radius 1 is 1.16 bits per heavy atom. The van der Waals surface area contributed by atoms with Gasteiger partial charge in [0, 0.05) is 19.5 Å². The van der Waals surface area contributed by atoms with Crippen molar-refractivity contribution in [3.8, 4) is 5.75 Å². The zero-order valence-electron chi connectivity index (χ0n) is 17.1. The summed E-state index contributed by atoms with van der Waals surface area (Å²) in [5.74, 6) is 1.16. The Morgan fingerprint density at radius 2 is 1.97 bits per heavy atom. The van der Waals surface area contributed by atoms with E-state index in [1.165, 1.54) is 24.3 Å². The van der Waals surface area contributed by atoms with Gasteiger partial charge in [-0.3, -0.25) is 4.79 Å². The summed E-state index contributed by atoms with van der Waals surface area (Å²) in [5, 5.41) is 4.03. The highest BCUT2D eigenvalue weighted by atomic mass is 19.1. The highest BCUT2D eigenvalue weighted by Crippen LogP contribution is 2.26. The van der Waals surface area contributed by atoms with E-state index < -0.39 is 0 Å². The van der Waals surface area contributed by atoms with E-state index in [0.717, 1.165) is 12.0 Å². The third-order valence-corrected chi connectivity index (χ3v) is 5.13. The van der Waals surface area contributed by atoms with Crippen molar-refractivity contribution in [1.29, 1.82) is 0 Å². The summed E-state index contributed by atoms with van der Waals surface area (Å²) in [4.78, 5) is 18.6. The highest BCUT2D eigenvalue weighted by molar-refractivity contribution is 5.78. The van der Waals surface area contributed by atoms with Crippen LogP contribution in [-0.2, 0) is 22.6 Å². The summed E-state index contributed by atoms with van der Waals surface area (Å²) in [6, 6.07) is 15.6. The Kier molecular flexibility index (Phi) is 6.89. The van der Waals surface area contributed by atoms with Gasteiger partial charge in [-0.2, -0.15) is 4.98 Å². The molecule has 1 amide bonds. The first-order valence-electron chi connectivity index (χ1n) is 10.3. The van der Waals surface area contributed by atoms with Crippen LogP contribution in [0.2, 0.25) is 0 Å². The molecule has 0 bridgehead atoms. The molecule has 31 heavy (non-hydrogen) atoms. The Morgan fingerprint density at radius 3 is 2.77 bits per heavy atom. The minimum Gasteiger partial charge on any atom is -0.484 e. The summed E-state index contributed by atoms with van der Waals surface area (Å²) in [6.07, 6.45) is 1.33. The maximum atomic E-state index is 12.9. The first-order valence-corrected chi connectivity index (χ1v) is 10.3. The third-order valence-electron chi connectivity index (χ3n) is 5.13. The molecule has 0 N–H and O–H groups in total. The summed E-state index contributed by atoms with van der Waals surface area (Å²) in [5.41, 5.74) is 1.12. The Hall–Kier alpha value is -3.26. The van der Waals surface area contributed by atoms with Crippen molar-refractivity contribution < 1.29 is 23.2 Å². The minimum atomic E-state index is -0.345. The normalized spacial score (nSPS) is 15.9. The zero-order valence-corrected chi connectivity index (χ0v) is 17.1. The molecular formula is C23H24FN3O4. The van der Waals surface area contributed by atoms with Crippen LogP contribution in [-0.4, -0.2) is 47.3 Å². The van der Waals surface area contributed by atoms with Crippen molar-refractivity contribution in [2.24, 2.45) is 0 Å². The average molecular weight is 425 g/mol. The summed E-state index contributed by atoms with van der Waals surface area (Å²) < 4.78 is 29.5. The first-order chi connectivity index (χ1) is 15.2. The molecule has 1 fully saturated rings. The van der Waals surface area contributed by atoms with Crippen LogP contribution in [0.15, 0.2) is 59.1 Å². The van der Waals surface area contributed by atoms with Crippen LogP contribution in [0, 0.1) is 5.82 Å². The Bertz CT molecular complexity index is 978. The van der Waals surface area contributed by atoms with Gasteiger partial charge < -0.3 is 18.9 Å². The van der Waals surface area contributed by atoms with Gasteiger partial charge in [0.1, 0.15) is 11.6 Å². The smallest absolute Gasteiger partial charge is 0.260 e. The van der Waals surface area contributed by atoms with Crippen LogP contribution in [0.1, 0.15) is 29.6 Å². The van der Waals surface area contributed by atoms with E-state index in [4.69, 9.17) is 14.0 Å². The van der Waals surface area contributed by atoms with Gasteiger partial charge in [0.15, 0.2) is 12.4 Å². The molecule has 1 unspecified atom stereocenters. The van der Waals surface area contributed by atoms with E-state index in [1.54, 1.807) is 4.90 Å². The predicted octanol–water partition coefficient (Wildman–Crippen LogP) is 3.36. The van der Waals surface area contributed by atoms with Gasteiger partial charge in [0.05, 0.1) is 19.1 Å². The quantitative estimate of drug-likeness (QED) is 0.489. The number of hydrogen-bond acceptors (Lipinski definition) is 6. The molecule has 1 aliphatic rings. The van der Waals surface area contributed by atoms with Gasteiger partial charge in [0.25, 0.3) is 5.91 Å². The molecule has 7 nitrogen and oxygen atoms in total. The lowest BCUT2D eigenvalue weighted by molar-refractivity contribution is -0.132. The second kappa shape index (κ2) is 10.2. The lowest BCUT2D eigenvalue weighted by Gasteiger charge is -2.16. The number of benzene rings is 2. The molecule has 1 aliphatic heterocycles. The average Bonchev–Trinajstić information content (AvgIpc) is 3.47. The fraction of sp³-hybridized carbons (Fsp3) is 0.348. The van der Waals surface area contributed by atoms with E-state index in [9.17, 15) is 9.18 Å². The molecule has 0 aliphatic carbocycles. The molecule has 0 spiro atoms.